The van der Waals surface area contributed by atoms with Gasteiger partial charge < -0.3 is 20.9 Å². The average Bonchev–Trinajstić information content (AvgIpc) is 3.46. The van der Waals surface area contributed by atoms with Crippen LogP contribution in [-0.4, -0.2) is 91.5 Å². The number of pyridine rings is 1. The SMILES string of the molecule is CNCCCN1CCC(CS(=O)(=O)N2[C@@H]3CC[C@H]2CC(NC(=O)c2cc4c(cc2Cl)NC(=O)/C4=C\c2cccnc2)C3)CC1. The van der Waals surface area contributed by atoms with Crippen molar-refractivity contribution in [3.63, 3.8) is 0 Å². The van der Waals surface area contributed by atoms with Crippen LogP contribution in [0.3, 0.4) is 0 Å². The minimum atomic E-state index is -3.39. The molecule has 0 aliphatic carbocycles. The predicted molar refractivity (Wildman–Crippen MR) is 173 cm³/mol. The standard InChI is InChI=1S/C32H41ClN6O4S/c1-34-9-3-11-38-12-7-21(8-13-38)20-44(42,43)39-24-5-6-25(39)16-23(15-24)36-32(41)28-17-26-27(14-22-4-2-10-35-19-22)31(40)37-30(26)18-29(28)33/h2,4,10,14,17-19,21,23-25,34H,3,5-9,11-13,15-16,20H2,1H3,(H,36,41)(H,37,40)/b27-14-/t23?,24-,25+. The third-order valence-corrected chi connectivity index (χ3v) is 12.0. The normalized spacial score (nSPS) is 25.3. The lowest BCUT2D eigenvalue weighted by Gasteiger charge is -2.39. The quantitative estimate of drug-likeness (QED) is 0.268. The molecule has 6 rings (SSSR count). The van der Waals surface area contributed by atoms with Crippen molar-refractivity contribution in [1.29, 1.82) is 0 Å². The molecule has 236 valence electrons. The van der Waals surface area contributed by atoms with E-state index in [-0.39, 0.29) is 46.6 Å². The van der Waals surface area contributed by atoms with Gasteiger partial charge in [-0.15, -0.1) is 0 Å². The van der Waals surface area contributed by atoms with Gasteiger partial charge in [0, 0.05) is 41.7 Å². The van der Waals surface area contributed by atoms with Crippen LogP contribution in [0.25, 0.3) is 11.6 Å². The van der Waals surface area contributed by atoms with Crippen molar-refractivity contribution in [1.82, 2.24) is 24.8 Å². The third kappa shape index (κ3) is 6.72. The van der Waals surface area contributed by atoms with Crippen molar-refractivity contribution in [2.75, 3.05) is 44.3 Å². The number of anilines is 1. The summed E-state index contributed by atoms with van der Waals surface area (Å²) in [6.07, 6.45) is 10.8. The summed E-state index contributed by atoms with van der Waals surface area (Å²) in [4.78, 5) is 32.8. The monoisotopic (exact) mass is 640 g/mol. The molecule has 3 saturated heterocycles. The summed E-state index contributed by atoms with van der Waals surface area (Å²) in [6, 6.07) is 6.57. The first-order valence-corrected chi connectivity index (χ1v) is 17.7. The molecule has 2 bridgehead atoms. The highest BCUT2D eigenvalue weighted by molar-refractivity contribution is 7.89. The highest BCUT2D eigenvalue weighted by Gasteiger charge is 2.47. The number of hydrogen-bond donors (Lipinski definition) is 3. The van der Waals surface area contributed by atoms with Crippen molar-refractivity contribution >= 4 is 50.8 Å². The highest BCUT2D eigenvalue weighted by atomic mass is 35.5. The summed E-state index contributed by atoms with van der Waals surface area (Å²) in [7, 11) is -1.43. The molecule has 4 aliphatic rings. The van der Waals surface area contributed by atoms with Crippen molar-refractivity contribution in [3.05, 3.63) is 58.4 Å². The van der Waals surface area contributed by atoms with E-state index in [9.17, 15) is 18.0 Å². The summed E-state index contributed by atoms with van der Waals surface area (Å²) < 4.78 is 29.1. The molecule has 1 aromatic carbocycles. The summed E-state index contributed by atoms with van der Waals surface area (Å²) in [6.45, 7) is 3.97. The number of amides is 2. The molecule has 12 heteroatoms. The number of sulfonamides is 1. The smallest absolute Gasteiger partial charge is 0.256 e. The Bertz CT molecular complexity index is 1510. The number of fused-ring (bicyclic) bond motifs is 3. The number of likely N-dealkylation sites (tertiary alicyclic amines) is 1. The number of carbonyl (C=O) groups is 2. The summed E-state index contributed by atoms with van der Waals surface area (Å²) in [5, 5.41) is 9.39. The first-order chi connectivity index (χ1) is 21.2. The Morgan fingerprint density at radius 1 is 1.16 bits per heavy atom. The van der Waals surface area contributed by atoms with E-state index in [0.717, 1.165) is 63.8 Å². The Kier molecular flexibility index (Phi) is 9.39. The molecular weight excluding hydrogens is 600 g/mol. The van der Waals surface area contributed by atoms with E-state index in [1.807, 2.05) is 13.1 Å². The topological polar surface area (TPSA) is 124 Å². The van der Waals surface area contributed by atoms with Gasteiger partial charge in [-0.3, -0.25) is 14.6 Å². The molecule has 0 spiro atoms. The van der Waals surface area contributed by atoms with Gasteiger partial charge in [-0.05, 0) is 114 Å². The molecule has 5 heterocycles. The van der Waals surface area contributed by atoms with E-state index >= 15 is 0 Å². The average molecular weight is 641 g/mol. The van der Waals surface area contributed by atoms with Crippen LogP contribution in [-0.2, 0) is 14.8 Å². The summed E-state index contributed by atoms with van der Waals surface area (Å²) in [5.74, 6) is -0.177. The molecule has 0 radical (unpaired) electrons. The number of carbonyl (C=O) groups excluding carboxylic acids is 2. The number of halogens is 1. The van der Waals surface area contributed by atoms with Crippen LogP contribution in [0, 0.1) is 5.92 Å². The van der Waals surface area contributed by atoms with Crippen LogP contribution < -0.4 is 16.0 Å². The second kappa shape index (κ2) is 13.3. The largest absolute Gasteiger partial charge is 0.349 e. The lowest BCUT2D eigenvalue weighted by molar-refractivity contribution is -0.110. The second-order valence-corrected chi connectivity index (χ2v) is 14.9. The first-order valence-electron chi connectivity index (χ1n) is 15.7. The maximum Gasteiger partial charge on any atom is 0.256 e. The van der Waals surface area contributed by atoms with E-state index in [2.05, 4.69) is 25.8 Å². The zero-order valence-corrected chi connectivity index (χ0v) is 26.7. The number of piperidine rings is 2. The lowest BCUT2D eigenvalue weighted by Crippen LogP contribution is -2.53. The van der Waals surface area contributed by atoms with E-state index in [0.29, 0.717) is 35.2 Å². The van der Waals surface area contributed by atoms with Crippen molar-refractivity contribution < 1.29 is 18.0 Å². The maximum absolute atomic E-state index is 13.7. The molecule has 0 saturated carbocycles. The fraction of sp³-hybridized carbons (Fsp3) is 0.531. The second-order valence-electron chi connectivity index (χ2n) is 12.6. The molecule has 44 heavy (non-hydrogen) atoms. The van der Waals surface area contributed by atoms with E-state index in [1.54, 1.807) is 41.0 Å². The van der Waals surface area contributed by atoms with E-state index < -0.39 is 10.0 Å². The zero-order chi connectivity index (χ0) is 30.8. The van der Waals surface area contributed by atoms with Crippen LogP contribution in [0.15, 0.2) is 36.7 Å². The third-order valence-electron chi connectivity index (χ3n) is 9.51. The molecule has 1 aromatic heterocycles. The number of benzene rings is 1. The molecular formula is C32H41ClN6O4S. The number of rotatable bonds is 10. The molecule has 10 nitrogen and oxygen atoms in total. The Morgan fingerprint density at radius 3 is 2.59 bits per heavy atom. The van der Waals surface area contributed by atoms with Gasteiger partial charge in [-0.25, -0.2) is 8.42 Å². The molecule has 2 amide bonds. The van der Waals surface area contributed by atoms with Crippen LogP contribution in [0.5, 0.6) is 0 Å². The van der Waals surface area contributed by atoms with E-state index in [4.69, 9.17) is 11.6 Å². The van der Waals surface area contributed by atoms with Gasteiger partial charge in [0.2, 0.25) is 10.0 Å². The van der Waals surface area contributed by atoms with Gasteiger partial charge in [-0.2, -0.15) is 4.31 Å². The Hall–Kier alpha value is -2.83. The van der Waals surface area contributed by atoms with Gasteiger partial charge in [0.05, 0.1) is 22.0 Å². The zero-order valence-electron chi connectivity index (χ0n) is 25.1. The Balaban J connectivity index is 1.08. The predicted octanol–water partition coefficient (Wildman–Crippen LogP) is 3.60. The minimum absolute atomic E-state index is 0.1000. The van der Waals surface area contributed by atoms with Gasteiger partial charge in [0.25, 0.3) is 11.8 Å². The van der Waals surface area contributed by atoms with Crippen LogP contribution in [0.4, 0.5) is 5.69 Å². The number of nitrogens with one attached hydrogen (secondary N) is 3. The fourth-order valence-corrected chi connectivity index (χ4v) is 10.0. The number of nitrogens with zero attached hydrogens (tertiary/aromatic N) is 3. The van der Waals surface area contributed by atoms with E-state index in [1.165, 1.54) is 0 Å². The first kappa shape index (κ1) is 31.2. The van der Waals surface area contributed by atoms with Crippen LogP contribution in [0.2, 0.25) is 5.02 Å². The van der Waals surface area contributed by atoms with Crippen LogP contribution >= 0.6 is 11.6 Å². The molecule has 4 aliphatic heterocycles. The minimum Gasteiger partial charge on any atom is -0.349 e. The van der Waals surface area contributed by atoms with Crippen LogP contribution in [0.1, 0.15) is 66.4 Å². The maximum atomic E-state index is 13.7. The Labute approximate surface area is 264 Å². The van der Waals surface area contributed by atoms with Crippen molar-refractivity contribution in [2.45, 2.75) is 63.1 Å². The van der Waals surface area contributed by atoms with Gasteiger partial charge in [0.15, 0.2) is 0 Å². The molecule has 1 unspecified atom stereocenters. The van der Waals surface area contributed by atoms with Gasteiger partial charge >= 0.3 is 0 Å². The molecule has 3 atom stereocenters. The lowest BCUT2D eigenvalue weighted by atomic mass is 9.98. The number of hydrogen-bond acceptors (Lipinski definition) is 7. The van der Waals surface area contributed by atoms with Crippen molar-refractivity contribution in [3.8, 4) is 0 Å². The highest BCUT2D eigenvalue weighted by Crippen LogP contribution is 2.40. The van der Waals surface area contributed by atoms with Gasteiger partial charge in [0.1, 0.15) is 0 Å². The summed E-state index contributed by atoms with van der Waals surface area (Å²) >= 11 is 6.53. The fourth-order valence-electron chi connectivity index (χ4n) is 7.37. The number of aromatic nitrogens is 1. The molecule has 2 aromatic rings. The van der Waals surface area contributed by atoms with Gasteiger partial charge in [-0.1, -0.05) is 17.7 Å². The molecule has 3 N–H and O–H groups in total. The summed E-state index contributed by atoms with van der Waals surface area (Å²) in [5.41, 5.74) is 2.67. The van der Waals surface area contributed by atoms with Crippen molar-refractivity contribution in [2.24, 2.45) is 5.92 Å². The molecule has 3 fully saturated rings. The Morgan fingerprint density at radius 2 is 1.91 bits per heavy atom.